The van der Waals surface area contributed by atoms with Crippen LogP contribution in [-0.4, -0.2) is 17.1 Å². The second kappa shape index (κ2) is 8.55. The van der Waals surface area contributed by atoms with Crippen LogP contribution < -0.4 is 15.4 Å². The van der Waals surface area contributed by atoms with Gasteiger partial charge in [0, 0.05) is 6.54 Å². The summed E-state index contributed by atoms with van der Waals surface area (Å²) in [4.78, 5) is 16.0. The van der Waals surface area contributed by atoms with Gasteiger partial charge in [0.15, 0.2) is 6.39 Å². The minimum absolute atomic E-state index is 0.235. The molecular weight excluding hydrogens is 318 g/mol. The number of ether oxygens (including phenoxy) is 1. The lowest BCUT2D eigenvalue weighted by molar-refractivity contribution is 0.155. The normalized spacial score (nSPS) is 14.9. The highest BCUT2D eigenvalue weighted by atomic mass is 16.5. The molecule has 0 aliphatic heterocycles. The van der Waals surface area contributed by atoms with Gasteiger partial charge in [0.2, 0.25) is 0 Å². The molecule has 1 fully saturated rings. The maximum absolute atomic E-state index is 11.9. The molecule has 1 aliphatic carbocycles. The SMILES string of the molecule is Cc1ocnc1CNC(=O)NCc1cccc(OC2CCCCC2)c1. The molecule has 1 aromatic heterocycles. The highest BCUT2D eigenvalue weighted by Gasteiger charge is 2.15. The van der Waals surface area contributed by atoms with Gasteiger partial charge in [-0.3, -0.25) is 0 Å². The number of carbonyl (C=O) groups excluding carboxylic acids is 1. The van der Waals surface area contributed by atoms with Gasteiger partial charge in [-0.05, 0) is 50.3 Å². The Labute approximate surface area is 148 Å². The van der Waals surface area contributed by atoms with Crippen molar-refractivity contribution in [2.75, 3.05) is 0 Å². The molecule has 6 heteroatoms. The Morgan fingerprint density at radius 2 is 2.04 bits per heavy atom. The third-order valence-corrected chi connectivity index (χ3v) is 4.47. The summed E-state index contributed by atoms with van der Waals surface area (Å²) >= 11 is 0. The van der Waals surface area contributed by atoms with E-state index in [1.807, 2.05) is 31.2 Å². The van der Waals surface area contributed by atoms with Crippen LogP contribution in [0.25, 0.3) is 0 Å². The highest BCUT2D eigenvalue weighted by molar-refractivity contribution is 5.73. The van der Waals surface area contributed by atoms with Crippen molar-refractivity contribution in [2.45, 2.75) is 58.2 Å². The summed E-state index contributed by atoms with van der Waals surface area (Å²) in [5, 5.41) is 5.62. The monoisotopic (exact) mass is 343 g/mol. The average molecular weight is 343 g/mol. The fourth-order valence-electron chi connectivity index (χ4n) is 3.01. The number of aryl methyl sites for hydroxylation is 1. The maximum Gasteiger partial charge on any atom is 0.315 e. The van der Waals surface area contributed by atoms with E-state index < -0.39 is 0 Å². The number of urea groups is 1. The smallest absolute Gasteiger partial charge is 0.315 e. The molecule has 0 saturated heterocycles. The van der Waals surface area contributed by atoms with Crippen molar-refractivity contribution in [2.24, 2.45) is 0 Å². The van der Waals surface area contributed by atoms with Crippen LogP contribution in [0.1, 0.15) is 49.1 Å². The van der Waals surface area contributed by atoms with Crippen LogP contribution in [0, 0.1) is 6.92 Å². The Balaban J connectivity index is 1.45. The molecule has 6 nitrogen and oxygen atoms in total. The molecule has 1 aromatic carbocycles. The molecule has 1 saturated carbocycles. The molecule has 2 aromatic rings. The van der Waals surface area contributed by atoms with E-state index in [0.717, 1.165) is 29.8 Å². The molecule has 2 N–H and O–H groups in total. The van der Waals surface area contributed by atoms with Crippen molar-refractivity contribution in [3.63, 3.8) is 0 Å². The number of carbonyl (C=O) groups is 1. The molecule has 0 spiro atoms. The van der Waals surface area contributed by atoms with Gasteiger partial charge in [0.05, 0.1) is 12.6 Å². The van der Waals surface area contributed by atoms with Crippen LogP contribution in [0.3, 0.4) is 0 Å². The van der Waals surface area contributed by atoms with Gasteiger partial charge in [-0.2, -0.15) is 0 Å². The molecule has 3 rings (SSSR count). The van der Waals surface area contributed by atoms with Gasteiger partial charge in [0.25, 0.3) is 0 Å². The molecule has 2 amide bonds. The second-order valence-electron chi connectivity index (χ2n) is 6.42. The zero-order valence-electron chi connectivity index (χ0n) is 14.6. The van der Waals surface area contributed by atoms with Crippen LogP contribution in [0.2, 0.25) is 0 Å². The second-order valence-corrected chi connectivity index (χ2v) is 6.42. The first-order valence-corrected chi connectivity index (χ1v) is 8.87. The summed E-state index contributed by atoms with van der Waals surface area (Å²) in [7, 11) is 0. The lowest BCUT2D eigenvalue weighted by atomic mass is 9.98. The van der Waals surface area contributed by atoms with Gasteiger partial charge < -0.3 is 19.8 Å². The zero-order chi connectivity index (χ0) is 17.5. The van der Waals surface area contributed by atoms with E-state index >= 15 is 0 Å². The van der Waals surface area contributed by atoms with Crippen molar-refractivity contribution >= 4 is 6.03 Å². The van der Waals surface area contributed by atoms with Gasteiger partial charge >= 0.3 is 6.03 Å². The summed E-state index contributed by atoms with van der Waals surface area (Å²) in [6.07, 6.45) is 7.77. The molecule has 0 bridgehead atoms. The molecule has 0 atom stereocenters. The minimum atomic E-state index is -0.235. The molecule has 1 heterocycles. The lowest BCUT2D eigenvalue weighted by Crippen LogP contribution is -2.34. The number of nitrogens with zero attached hydrogens (tertiary/aromatic N) is 1. The first-order valence-electron chi connectivity index (χ1n) is 8.87. The lowest BCUT2D eigenvalue weighted by Gasteiger charge is -2.23. The predicted molar refractivity (Wildman–Crippen MR) is 94.3 cm³/mol. The van der Waals surface area contributed by atoms with Crippen LogP contribution in [0.15, 0.2) is 35.1 Å². The van der Waals surface area contributed by atoms with E-state index in [-0.39, 0.29) is 6.03 Å². The first-order chi connectivity index (χ1) is 12.2. The van der Waals surface area contributed by atoms with Crippen molar-refractivity contribution < 1.29 is 13.9 Å². The molecule has 134 valence electrons. The number of benzene rings is 1. The summed E-state index contributed by atoms with van der Waals surface area (Å²) in [5.74, 6) is 1.60. The third kappa shape index (κ3) is 5.24. The number of oxazole rings is 1. The van der Waals surface area contributed by atoms with Gasteiger partial charge in [-0.15, -0.1) is 0 Å². The Kier molecular flexibility index (Phi) is 5.93. The highest BCUT2D eigenvalue weighted by Crippen LogP contribution is 2.23. The third-order valence-electron chi connectivity index (χ3n) is 4.47. The number of rotatable bonds is 6. The van der Waals surface area contributed by atoms with E-state index in [1.165, 1.54) is 25.7 Å². The Bertz CT molecular complexity index is 693. The van der Waals surface area contributed by atoms with E-state index in [2.05, 4.69) is 15.6 Å². The number of amides is 2. The van der Waals surface area contributed by atoms with E-state index in [4.69, 9.17) is 9.15 Å². The summed E-state index contributed by atoms with van der Waals surface area (Å²) < 4.78 is 11.2. The Morgan fingerprint density at radius 3 is 2.80 bits per heavy atom. The Morgan fingerprint density at radius 1 is 1.24 bits per heavy atom. The number of nitrogens with one attached hydrogen (secondary N) is 2. The van der Waals surface area contributed by atoms with Crippen LogP contribution in [0.5, 0.6) is 5.75 Å². The quantitative estimate of drug-likeness (QED) is 0.838. The largest absolute Gasteiger partial charge is 0.490 e. The van der Waals surface area contributed by atoms with E-state index in [1.54, 1.807) is 0 Å². The van der Waals surface area contributed by atoms with Gasteiger partial charge in [-0.1, -0.05) is 18.6 Å². The van der Waals surface area contributed by atoms with Crippen molar-refractivity contribution in [3.8, 4) is 5.75 Å². The molecule has 0 unspecified atom stereocenters. The number of hydrogen-bond acceptors (Lipinski definition) is 4. The standard InChI is InChI=1S/C19H25N3O3/c1-14-18(22-13-24-14)12-21-19(23)20-11-15-6-5-9-17(10-15)25-16-7-3-2-4-8-16/h5-6,9-10,13,16H,2-4,7-8,11-12H2,1H3,(H2,20,21,23). The topological polar surface area (TPSA) is 76.4 Å². The van der Waals surface area contributed by atoms with E-state index in [0.29, 0.717) is 25.0 Å². The summed E-state index contributed by atoms with van der Waals surface area (Å²) in [6.45, 7) is 2.62. The summed E-state index contributed by atoms with van der Waals surface area (Å²) in [6, 6.07) is 7.69. The van der Waals surface area contributed by atoms with Gasteiger partial charge in [0.1, 0.15) is 17.2 Å². The van der Waals surface area contributed by atoms with Crippen molar-refractivity contribution in [1.29, 1.82) is 0 Å². The van der Waals surface area contributed by atoms with Crippen molar-refractivity contribution in [1.82, 2.24) is 15.6 Å². The van der Waals surface area contributed by atoms with Gasteiger partial charge in [-0.25, -0.2) is 9.78 Å². The molecular formula is C19H25N3O3. The fraction of sp³-hybridized carbons (Fsp3) is 0.474. The van der Waals surface area contributed by atoms with E-state index in [9.17, 15) is 4.79 Å². The first kappa shape index (κ1) is 17.3. The maximum atomic E-state index is 11.9. The Hall–Kier alpha value is -2.50. The van der Waals surface area contributed by atoms with Crippen LogP contribution >= 0.6 is 0 Å². The number of hydrogen-bond donors (Lipinski definition) is 2. The van der Waals surface area contributed by atoms with Crippen LogP contribution in [-0.2, 0) is 13.1 Å². The zero-order valence-corrected chi connectivity index (χ0v) is 14.6. The minimum Gasteiger partial charge on any atom is -0.490 e. The number of aromatic nitrogens is 1. The molecule has 0 radical (unpaired) electrons. The molecule has 25 heavy (non-hydrogen) atoms. The average Bonchev–Trinajstić information content (AvgIpc) is 3.04. The predicted octanol–water partition coefficient (Wildman–Crippen LogP) is 3.69. The fourth-order valence-corrected chi connectivity index (χ4v) is 3.01. The summed E-state index contributed by atoms with van der Waals surface area (Å²) in [5.41, 5.74) is 1.75. The van der Waals surface area contributed by atoms with Crippen molar-refractivity contribution in [3.05, 3.63) is 47.7 Å². The molecule has 1 aliphatic rings. The van der Waals surface area contributed by atoms with Crippen LogP contribution in [0.4, 0.5) is 4.79 Å².